The molecule has 0 spiro atoms. The predicted octanol–water partition coefficient (Wildman–Crippen LogP) is 2.03. The molecule has 9 nitrogen and oxygen atoms in total. The highest BCUT2D eigenvalue weighted by molar-refractivity contribution is 7.89. The number of aromatic nitrogens is 1. The lowest BCUT2D eigenvalue weighted by molar-refractivity contribution is -0.136. The van der Waals surface area contributed by atoms with Gasteiger partial charge in [-0.15, -0.1) is 0 Å². The average molecular weight is 489 g/mol. The summed E-state index contributed by atoms with van der Waals surface area (Å²) in [5.74, 6) is -0.0519. The van der Waals surface area contributed by atoms with E-state index in [1.807, 2.05) is 4.90 Å². The van der Waals surface area contributed by atoms with E-state index >= 15 is 0 Å². The van der Waals surface area contributed by atoms with Crippen LogP contribution < -0.4 is 5.56 Å². The number of aromatic amines is 1. The van der Waals surface area contributed by atoms with Gasteiger partial charge in [0.25, 0.3) is 5.91 Å². The monoisotopic (exact) mass is 488 g/mol. The van der Waals surface area contributed by atoms with E-state index in [9.17, 15) is 22.8 Å². The first-order valence-corrected chi connectivity index (χ1v) is 13.5. The number of H-pyrrole nitrogens is 1. The van der Waals surface area contributed by atoms with E-state index in [-0.39, 0.29) is 28.2 Å². The number of rotatable bonds is 6. The minimum Gasteiger partial charge on any atom is -0.339 e. The molecule has 2 aromatic rings. The quantitative estimate of drug-likeness (QED) is 0.669. The van der Waals surface area contributed by atoms with Gasteiger partial charge in [0.05, 0.1) is 10.5 Å². The van der Waals surface area contributed by atoms with Gasteiger partial charge in [-0.3, -0.25) is 14.4 Å². The van der Waals surface area contributed by atoms with Crippen molar-refractivity contribution in [1.29, 1.82) is 0 Å². The minimum absolute atomic E-state index is 0.0804. The summed E-state index contributed by atoms with van der Waals surface area (Å²) in [5, 5.41) is 0.391. The van der Waals surface area contributed by atoms with Crippen molar-refractivity contribution in [2.75, 3.05) is 39.3 Å². The van der Waals surface area contributed by atoms with Crippen molar-refractivity contribution >= 4 is 32.7 Å². The van der Waals surface area contributed by atoms with E-state index in [0.717, 1.165) is 25.7 Å². The molecule has 0 radical (unpaired) electrons. The Balaban J connectivity index is 1.60. The normalized spacial score (nSPS) is 17.6. The molecule has 34 heavy (non-hydrogen) atoms. The molecule has 2 aliphatic rings. The number of fused-ring (bicyclic) bond motifs is 1. The zero-order valence-electron chi connectivity index (χ0n) is 19.7. The Morgan fingerprint density at radius 3 is 2.24 bits per heavy atom. The van der Waals surface area contributed by atoms with Gasteiger partial charge < -0.3 is 14.8 Å². The van der Waals surface area contributed by atoms with E-state index in [0.29, 0.717) is 50.2 Å². The third kappa shape index (κ3) is 4.61. The molecule has 2 amide bonds. The Labute approximate surface area is 199 Å². The maximum Gasteiger partial charge on any atom is 0.254 e. The fourth-order valence-electron chi connectivity index (χ4n) is 5.01. The molecule has 184 valence electrons. The molecule has 4 rings (SSSR count). The lowest BCUT2D eigenvalue weighted by Crippen LogP contribution is -2.51. The van der Waals surface area contributed by atoms with E-state index in [4.69, 9.17) is 0 Å². The highest BCUT2D eigenvalue weighted by Crippen LogP contribution is 2.28. The zero-order valence-corrected chi connectivity index (χ0v) is 20.6. The van der Waals surface area contributed by atoms with Crippen LogP contribution in [0.2, 0.25) is 0 Å². The number of sulfonamides is 1. The number of carbonyl (C=O) groups is 2. The Morgan fingerprint density at radius 1 is 1.00 bits per heavy atom. The highest BCUT2D eigenvalue weighted by atomic mass is 32.2. The number of benzene rings is 1. The predicted molar refractivity (Wildman–Crippen MR) is 129 cm³/mol. The lowest BCUT2D eigenvalue weighted by atomic mass is 10.1. The van der Waals surface area contributed by atoms with Crippen molar-refractivity contribution in [3.05, 3.63) is 40.2 Å². The van der Waals surface area contributed by atoms with E-state index in [2.05, 4.69) is 4.98 Å². The fourth-order valence-corrected chi connectivity index (χ4v) is 6.50. The maximum absolute atomic E-state index is 13.4. The first-order valence-electron chi connectivity index (χ1n) is 12.0. The largest absolute Gasteiger partial charge is 0.339 e. The first-order chi connectivity index (χ1) is 16.3. The van der Waals surface area contributed by atoms with E-state index in [1.54, 1.807) is 18.7 Å². The summed E-state index contributed by atoms with van der Waals surface area (Å²) in [5.41, 5.74) is 0.153. The van der Waals surface area contributed by atoms with Crippen LogP contribution in [0.15, 0.2) is 34.0 Å². The number of piperazine rings is 1. The SMILES string of the molecule is CCN(CC)S(=O)(=O)c1ccc2[nH]c(=O)cc(C(=O)N3CCN(C(=O)C4CCCC4)CC3)c2c1. The summed E-state index contributed by atoms with van der Waals surface area (Å²) in [7, 11) is -3.72. The van der Waals surface area contributed by atoms with Crippen LogP contribution in [0.4, 0.5) is 0 Å². The number of amides is 2. The third-order valence-electron chi connectivity index (χ3n) is 6.97. The molecule has 10 heteroatoms. The van der Waals surface area contributed by atoms with Crippen molar-refractivity contribution in [3.63, 3.8) is 0 Å². The van der Waals surface area contributed by atoms with Gasteiger partial charge in [-0.1, -0.05) is 26.7 Å². The summed E-state index contributed by atoms with van der Waals surface area (Å²) >= 11 is 0. The molecule has 1 aromatic carbocycles. The zero-order chi connectivity index (χ0) is 24.5. The van der Waals surface area contributed by atoms with Crippen molar-refractivity contribution in [2.45, 2.75) is 44.4 Å². The van der Waals surface area contributed by atoms with Crippen molar-refractivity contribution in [1.82, 2.24) is 19.1 Å². The molecule has 0 bridgehead atoms. The van der Waals surface area contributed by atoms with Crippen molar-refractivity contribution in [2.24, 2.45) is 5.92 Å². The van der Waals surface area contributed by atoms with Gasteiger partial charge in [0.15, 0.2) is 0 Å². The summed E-state index contributed by atoms with van der Waals surface area (Å²) in [6.45, 7) is 5.88. The molecule has 1 N–H and O–H groups in total. The molecule has 1 aliphatic carbocycles. The van der Waals surface area contributed by atoms with Crippen LogP contribution in [0.1, 0.15) is 49.9 Å². The smallest absolute Gasteiger partial charge is 0.254 e. The van der Waals surface area contributed by atoms with Crippen LogP contribution in [0.5, 0.6) is 0 Å². The van der Waals surface area contributed by atoms with Crippen LogP contribution in [0.25, 0.3) is 10.9 Å². The summed E-state index contributed by atoms with van der Waals surface area (Å²) in [4.78, 5) is 44.6. The second kappa shape index (κ2) is 9.87. The number of hydrogen-bond acceptors (Lipinski definition) is 5. The number of carbonyl (C=O) groups excluding carboxylic acids is 2. The van der Waals surface area contributed by atoms with Crippen LogP contribution in [-0.4, -0.2) is 78.6 Å². The topological polar surface area (TPSA) is 111 Å². The molecule has 2 heterocycles. The van der Waals surface area contributed by atoms with Crippen molar-refractivity contribution < 1.29 is 18.0 Å². The molecule has 2 fully saturated rings. The van der Waals surface area contributed by atoms with Gasteiger partial charge >= 0.3 is 0 Å². The Bertz CT molecular complexity index is 1240. The molecule has 0 atom stereocenters. The highest BCUT2D eigenvalue weighted by Gasteiger charge is 2.31. The molecule has 1 aliphatic heterocycles. The van der Waals surface area contributed by atoms with E-state index in [1.165, 1.54) is 28.6 Å². The number of nitrogens with one attached hydrogen (secondary N) is 1. The molecule has 1 saturated heterocycles. The van der Waals surface area contributed by atoms with Crippen LogP contribution in [-0.2, 0) is 14.8 Å². The van der Waals surface area contributed by atoms with Gasteiger partial charge in [0, 0.05) is 62.2 Å². The van der Waals surface area contributed by atoms with Crippen LogP contribution in [0, 0.1) is 5.92 Å². The van der Waals surface area contributed by atoms with Crippen LogP contribution >= 0.6 is 0 Å². The maximum atomic E-state index is 13.4. The van der Waals surface area contributed by atoms with Crippen molar-refractivity contribution in [3.8, 4) is 0 Å². The molecule has 1 aromatic heterocycles. The third-order valence-corrected chi connectivity index (χ3v) is 9.02. The summed E-state index contributed by atoms with van der Waals surface area (Å²) in [6, 6.07) is 5.68. The number of nitrogens with zero attached hydrogens (tertiary/aromatic N) is 3. The molecule has 1 saturated carbocycles. The number of pyridine rings is 1. The molecular formula is C24H32N4O5S. The van der Waals surface area contributed by atoms with Gasteiger partial charge in [-0.05, 0) is 31.0 Å². The summed E-state index contributed by atoms with van der Waals surface area (Å²) < 4.78 is 27.4. The summed E-state index contributed by atoms with van der Waals surface area (Å²) in [6.07, 6.45) is 4.07. The van der Waals surface area contributed by atoms with E-state index < -0.39 is 15.6 Å². The average Bonchev–Trinajstić information content (AvgIpc) is 3.38. The molecular weight excluding hydrogens is 456 g/mol. The second-order valence-corrected chi connectivity index (χ2v) is 10.9. The Kier molecular flexibility index (Phi) is 7.09. The standard InChI is InChI=1S/C24H32N4O5S/c1-3-28(4-2)34(32,33)18-9-10-21-19(15-18)20(16-22(29)25-21)24(31)27-13-11-26(12-14-27)23(30)17-7-5-6-8-17/h9-10,15-17H,3-8,11-14H2,1-2H3,(H,25,29). The van der Waals surface area contributed by atoms with Crippen LogP contribution in [0.3, 0.4) is 0 Å². The molecule has 0 unspecified atom stereocenters. The number of hydrogen-bond donors (Lipinski definition) is 1. The first kappa shape index (κ1) is 24.4. The second-order valence-electron chi connectivity index (χ2n) is 8.94. The lowest BCUT2D eigenvalue weighted by Gasteiger charge is -2.36. The van der Waals surface area contributed by atoms with Gasteiger partial charge in [0.2, 0.25) is 21.5 Å². The minimum atomic E-state index is -3.72. The fraction of sp³-hybridized carbons (Fsp3) is 0.542. The van der Waals surface area contributed by atoms with Gasteiger partial charge in [-0.2, -0.15) is 4.31 Å². The van der Waals surface area contributed by atoms with Gasteiger partial charge in [-0.25, -0.2) is 8.42 Å². The van der Waals surface area contributed by atoms with Gasteiger partial charge in [0.1, 0.15) is 0 Å². The Hall–Kier alpha value is -2.72. The Morgan fingerprint density at radius 2 is 1.62 bits per heavy atom.